The minimum absolute atomic E-state index is 0.487. The summed E-state index contributed by atoms with van der Waals surface area (Å²) in [6, 6.07) is 5.82. The molecular weight excluding hydrogens is 244 g/mol. The molecule has 3 nitrogen and oxygen atoms in total. The van der Waals surface area contributed by atoms with Crippen LogP contribution in [0.4, 0.5) is 0 Å². The summed E-state index contributed by atoms with van der Waals surface area (Å²) in [4.78, 5) is 15.0. The van der Waals surface area contributed by atoms with Crippen LogP contribution in [-0.2, 0) is 6.54 Å². The van der Waals surface area contributed by atoms with E-state index >= 15 is 0 Å². The molecule has 14 heavy (non-hydrogen) atoms. The number of aryl methyl sites for hydroxylation is 1. The van der Waals surface area contributed by atoms with Gasteiger partial charge in [-0.2, -0.15) is 0 Å². The van der Waals surface area contributed by atoms with Gasteiger partial charge in [0.1, 0.15) is 0 Å². The number of carbonyl (C=O) groups is 1. The first-order valence-corrected chi connectivity index (χ1v) is 5.16. The summed E-state index contributed by atoms with van der Waals surface area (Å²) in [7, 11) is 0. The fraction of sp³-hybridized carbons (Fsp3) is 0.200. The molecule has 72 valence electrons. The van der Waals surface area contributed by atoms with Crippen molar-refractivity contribution in [2.45, 2.75) is 13.5 Å². The maximum absolute atomic E-state index is 10.7. The second-order valence-electron chi connectivity index (χ2n) is 2.97. The van der Waals surface area contributed by atoms with Crippen LogP contribution in [0.2, 0.25) is 0 Å². The van der Waals surface area contributed by atoms with E-state index in [1.807, 2.05) is 29.7 Å². The summed E-state index contributed by atoms with van der Waals surface area (Å²) in [5, 5.41) is 0. The Labute approximate surface area is 89.9 Å². The number of halogens is 1. The molecule has 1 heterocycles. The zero-order valence-electron chi connectivity index (χ0n) is 7.70. The molecule has 0 N–H and O–H groups in total. The Morgan fingerprint density at radius 1 is 1.57 bits per heavy atom. The molecule has 2 rings (SSSR count). The van der Waals surface area contributed by atoms with Crippen molar-refractivity contribution in [1.29, 1.82) is 0 Å². The highest BCUT2D eigenvalue weighted by Crippen LogP contribution is 2.20. The van der Waals surface area contributed by atoms with Crippen molar-refractivity contribution in [1.82, 2.24) is 9.55 Å². The molecule has 0 spiro atoms. The van der Waals surface area contributed by atoms with Crippen LogP contribution in [0.25, 0.3) is 11.0 Å². The first kappa shape index (κ1) is 9.40. The molecule has 0 unspecified atom stereocenters. The molecule has 0 aliphatic carbocycles. The van der Waals surface area contributed by atoms with Crippen LogP contribution in [0.3, 0.4) is 0 Å². The minimum atomic E-state index is 0.487. The molecule has 0 aliphatic rings. The highest BCUT2D eigenvalue weighted by atomic mass is 79.9. The topological polar surface area (TPSA) is 34.9 Å². The molecule has 0 bridgehead atoms. The van der Waals surface area contributed by atoms with Crippen molar-refractivity contribution in [2.75, 3.05) is 0 Å². The number of nitrogens with zero attached hydrogens (tertiary/aromatic N) is 2. The molecule has 0 amide bonds. The Hall–Kier alpha value is -1.16. The Morgan fingerprint density at radius 2 is 2.36 bits per heavy atom. The molecule has 2 aromatic rings. The maximum atomic E-state index is 10.7. The number of hydrogen-bond acceptors (Lipinski definition) is 2. The van der Waals surface area contributed by atoms with Gasteiger partial charge in [-0.1, -0.05) is 15.9 Å². The van der Waals surface area contributed by atoms with Crippen LogP contribution in [0, 0.1) is 0 Å². The normalized spacial score (nSPS) is 10.7. The zero-order valence-corrected chi connectivity index (χ0v) is 9.28. The van der Waals surface area contributed by atoms with Crippen molar-refractivity contribution >= 4 is 33.2 Å². The van der Waals surface area contributed by atoms with Crippen LogP contribution >= 0.6 is 15.9 Å². The Balaban J connectivity index is 2.79. The molecule has 0 radical (unpaired) electrons. The van der Waals surface area contributed by atoms with Crippen LogP contribution in [-0.4, -0.2) is 15.8 Å². The number of imidazole rings is 1. The van der Waals surface area contributed by atoms with Gasteiger partial charge < -0.3 is 4.57 Å². The molecule has 0 atom stereocenters. The maximum Gasteiger partial charge on any atom is 0.185 e. The lowest BCUT2D eigenvalue weighted by Crippen LogP contribution is -1.99. The smallest absolute Gasteiger partial charge is 0.185 e. The van der Waals surface area contributed by atoms with E-state index in [9.17, 15) is 4.79 Å². The van der Waals surface area contributed by atoms with E-state index < -0.39 is 0 Å². The third-order valence-electron chi connectivity index (χ3n) is 2.16. The van der Waals surface area contributed by atoms with Crippen molar-refractivity contribution in [3.05, 3.63) is 28.5 Å². The first-order valence-electron chi connectivity index (χ1n) is 4.37. The van der Waals surface area contributed by atoms with Crippen LogP contribution in [0.5, 0.6) is 0 Å². The first-order chi connectivity index (χ1) is 6.76. The van der Waals surface area contributed by atoms with Crippen molar-refractivity contribution in [3.63, 3.8) is 0 Å². The Morgan fingerprint density at radius 3 is 3.00 bits per heavy atom. The molecule has 0 saturated carbocycles. The van der Waals surface area contributed by atoms with Crippen LogP contribution in [0.15, 0.2) is 22.7 Å². The van der Waals surface area contributed by atoms with E-state index in [4.69, 9.17) is 0 Å². The number of carbonyl (C=O) groups excluding carboxylic acids is 1. The molecule has 4 heteroatoms. The average molecular weight is 253 g/mol. The molecule has 1 aromatic heterocycles. The Kier molecular flexibility index (Phi) is 2.37. The molecular formula is C10H9BrN2O. The molecule has 0 fully saturated rings. The van der Waals surface area contributed by atoms with Crippen molar-refractivity contribution in [2.24, 2.45) is 0 Å². The van der Waals surface area contributed by atoms with Gasteiger partial charge in [0.2, 0.25) is 0 Å². The van der Waals surface area contributed by atoms with Gasteiger partial charge in [0.05, 0.1) is 11.0 Å². The van der Waals surface area contributed by atoms with E-state index in [1.54, 1.807) is 0 Å². The lowest BCUT2D eigenvalue weighted by Gasteiger charge is -2.00. The van der Waals surface area contributed by atoms with Gasteiger partial charge in [-0.15, -0.1) is 0 Å². The largest absolute Gasteiger partial charge is 0.322 e. The van der Waals surface area contributed by atoms with Crippen molar-refractivity contribution in [3.8, 4) is 0 Å². The number of benzene rings is 1. The predicted molar refractivity (Wildman–Crippen MR) is 58.5 cm³/mol. The standard InChI is InChI=1S/C10H9BrN2O/c1-2-13-9-4-3-7(11)5-8(9)12-10(13)6-14/h3-6H,2H2,1H3. The molecule has 0 saturated heterocycles. The fourth-order valence-electron chi connectivity index (χ4n) is 1.54. The zero-order chi connectivity index (χ0) is 10.1. The number of hydrogen-bond donors (Lipinski definition) is 0. The fourth-order valence-corrected chi connectivity index (χ4v) is 1.89. The van der Waals surface area contributed by atoms with Gasteiger partial charge in [-0.25, -0.2) is 4.98 Å². The lowest BCUT2D eigenvalue weighted by atomic mass is 10.3. The van der Waals surface area contributed by atoms with Crippen molar-refractivity contribution < 1.29 is 4.79 Å². The summed E-state index contributed by atoms with van der Waals surface area (Å²) >= 11 is 3.37. The number of fused-ring (bicyclic) bond motifs is 1. The highest BCUT2D eigenvalue weighted by Gasteiger charge is 2.07. The quantitative estimate of drug-likeness (QED) is 0.771. The Bertz CT molecular complexity index is 490. The summed E-state index contributed by atoms with van der Waals surface area (Å²) in [5.74, 6) is 0.487. The van der Waals surface area contributed by atoms with Gasteiger partial charge in [-0.3, -0.25) is 4.79 Å². The number of aromatic nitrogens is 2. The summed E-state index contributed by atoms with van der Waals surface area (Å²) in [6.45, 7) is 2.75. The van der Waals surface area contributed by atoms with Gasteiger partial charge in [-0.05, 0) is 25.1 Å². The van der Waals surface area contributed by atoms with E-state index in [0.29, 0.717) is 5.82 Å². The highest BCUT2D eigenvalue weighted by molar-refractivity contribution is 9.10. The van der Waals surface area contributed by atoms with E-state index in [2.05, 4.69) is 20.9 Å². The second kappa shape index (κ2) is 3.53. The SMILES string of the molecule is CCn1c(C=O)nc2cc(Br)ccc21. The van der Waals surface area contributed by atoms with Crippen LogP contribution in [0.1, 0.15) is 17.5 Å². The molecule has 1 aromatic carbocycles. The third-order valence-corrected chi connectivity index (χ3v) is 2.65. The van der Waals surface area contributed by atoms with E-state index in [0.717, 1.165) is 28.3 Å². The summed E-state index contributed by atoms with van der Waals surface area (Å²) < 4.78 is 2.87. The monoisotopic (exact) mass is 252 g/mol. The summed E-state index contributed by atoms with van der Waals surface area (Å²) in [5.41, 5.74) is 1.85. The second-order valence-corrected chi connectivity index (χ2v) is 3.88. The average Bonchev–Trinajstić information content (AvgIpc) is 2.54. The lowest BCUT2D eigenvalue weighted by molar-refractivity contribution is 0.111. The van der Waals surface area contributed by atoms with E-state index in [1.165, 1.54) is 0 Å². The summed E-state index contributed by atoms with van der Waals surface area (Å²) in [6.07, 6.45) is 0.789. The third kappa shape index (κ3) is 1.35. The predicted octanol–water partition coefficient (Wildman–Crippen LogP) is 2.63. The number of rotatable bonds is 2. The van der Waals surface area contributed by atoms with Gasteiger partial charge in [0.25, 0.3) is 0 Å². The number of aldehydes is 1. The minimum Gasteiger partial charge on any atom is -0.322 e. The van der Waals surface area contributed by atoms with Gasteiger partial charge in [0, 0.05) is 11.0 Å². The van der Waals surface area contributed by atoms with Crippen LogP contribution < -0.4 is 0 Å². The van der Waals surface area contributed by atoms with E-state index in [-0.39, 0.29) is 0 Å². The van der Waals surface area contributed by atoms with Gasteiger partial charge >= 0.3 is 0 Å². The van der Waals surface area contributed by atoms with Gasteiger partial charge in [0.15, 0.2) is 12.1 Å². The molecule has 0 aliphatic heterocycles.